The first-order valence-corrected chi connectivity index (χ1v) is 9.94. The maximum atomic E-state index is 12.5. The van der Waals surface area contributed by atoms with Crippen LogP contribution in [0.2, 0.25) is 0 Å². The first-order chi connectivity index (χ1) is 12.1. The fraction of sp³-hybridized carbons (Fsp3) is 0.263. The lowest BCUT2D eigenvalue weighted by molar-refractivity contribution is 0.0959. The second-order valence-electron chi connectivity index (χ2n) is 6.34. The van der Waals surface area contributed by atoms with E-state index in [0.717, 1.165) is 26.8 Å². The highest BCUT2D eigenvalue weighted by Gasteiger charge is 2.26. The summed E-state index contributed by atoms with van der Waals surface area (Å²) < 4.78 is 1.05. The first-order valence-electron chi connectivity index (χ1n) is 8.33. The number of carbonyl (C=O) groups excluding carboxylic acids is 1. The Kier molecular flexibility index (Phi) is 4.48. The van der Waals surface area contributed by atoms with Gasteiger partial charge in [0, 0.05) is 28.0 Å². The lowest BCUT2D eigenvalue weighted by Gasteiger charge is -2.05. The minimum Gasteiger partial charge on any atom is -0.397 e. The van der Waals surface area contributed by atoms with E-state index in [9.17, 15) is 4.79 Å². The van der Waals surface area contributed by atoms with Gasteiger partial charge < -0.3 is 11.1 Å². The lowest BCUT2D eigenvalue weighted by Crippen LogP contribution is -2.25. The molecule has 0 atom stereocenters. The van der Waals surface area contributed by atoms with E-state index in [1.807, 2.05) is 36.4 Å². The number of carbonyl (C=O) groups is 1. The van der Waals surface area contributed by atoms with Crippen molar-refractivity contribution in [3.8, 4) is 0 Å². The number of nitrogens with two attached hydrogens (primary N) is 1. The summed E-state index contributed by atoms with van der Waals surface area (Å²) in [5.74, 6) is 0.474. The number of hydrogen-bond acceptors (Lipinski definition) is 4. The van der Waals surface area contributed by atoms with Crippen molar-refractivity contribution >= 4 is 49.1 Å². The van der Waals surface area contributed by atoms with Gasteiger partial charge in [0.15, 0.2) is 0 Å². The number of fused-ring (bicyclic) bond motifs is 1. The molecule has 3 aromatic rings. The predicted octanol–water partition coefficient (Wildman–Crippen LogP) is 4.49. The molecule has 0 spiro atoms. The van der Waals surface area contributed by atoms with Crippen LogP contribution in [0, 0.1) is 0 Å². The van der Waals surface area contributed by atoms with Gasteiger partial charge in [-0.05, 0) is 49.1 Å². The zero-order valence-corrected chi connectivity index (χ0v) is 16.0. The van der Waals surface area contributed by atoms with E-state index in [4.69, 9.17) is 10.7 Å². The molecule has 0 saturated heterocycles. The molecule has 0 bridgehead atoms. The van der Waals surface area contributed by atoms with E-state index >= 15 is 0 Å². The van der Waals surface area contributed by atoms with Gasteiger partial charge in [-0.3, -0.25) is 4.79 Å². The van der Waals surface area contributed by atoms with Crippen LogP contribution in [0.25, 0.3) is 10.2 Å². The Labute approximate surface area is 158 Å². The van der Waals surface area contributed by atoms with E-state index < -0.39 is 0 Å². The van der Waals surface area contributed by atoms with Gasteiger partial charge in [0.1, 0.15) is 9.71 Å². The number of thiophene rings is 1. The molecule has 25 heavy (non-hydrogen) atoms. The van der Waals surface area contributed by atoms with Crippen molar-refractivity contribution in [1.29, 1.82) is 0 Å². The Morgan fingerprint density at radius 3 is 2.72 bits per heavy atom. The maximum Gasteiger partial charge on any atom is 0.263 e. The van der Waals surface area contributed by atoms with Gasteiger partial charge >= 0.3 is 0 Å². The molecule has 128 valence electrons. The van der Waals surface area contributed by atoms with Gasteiger partial charge in [-0.15, -0.1) is 11.3 Å². The summed E-state index contributed by atoms with van der Waals surface area (Å²) in [6.45, 7) is 0.578. The number of aromatic nitrogens is 1. The zero-order valence-electron chi connectivity index (χ0n) is 13.6. The second kappa shape index (κ2) is 6.77. The third kappa shape index (κ3) is 3.55. The van der Waals surface area contributed by atoms with Gasteiger partial charge in [-0.2, -0.15) is 0 Å². The molecule has 2 aromatic heterocycles. The molecular weight excluding hydrogens is 398 g/mol. The molecule has 1 aliphatic rings. The van der Waals surface area contributed by atoms with Crippen LogP contribution in [0.15, 0.2) is 40.9 Å². The van der Waals surface area contributed by atoms with E-state index in [0.29, 0.717) is 23.0 Å². The minimum atomic E-state index is -0.120. The Bertz CT molecular complexity index is 932. The number of anilines is 1. The predicted molar refractivity (Wildman–Crippen MR) is 106 cm³/mol. The molecule has 0 radical (unpaired) electrons. The summed E-state index contributed by atoms with van der Waals surface area (Å²) in [6.07, 6.45) is 3.21. The van der Waals surface area contributed by atoms with Crippen molar-refractivity contribution in [3.05, 3.63) is 57.0 Å². The van der Waals surface area contributed by atoms with E-state index in [1.54, 1.807) is 0 Å². The van der Waals surface area contributed by atoms with Crippen LogP contribution in [0.5, 0.6) is 0 Å². The summed E-state index contributed by atoms with van der Waals surface area (Å²) in [4.78, 5) is 18.6. The molecule has 1 amide bonds. The fourth-order valence-electron chi connectivity index (χ4n) is 2.84. The number of nitrogen functional groups attached to an aromatic ring is 1. The molecule has 2 heterocycles. The number of pyridine rings is 1. The second-order valence-corrected chi connectivity index (χ2v) is 8.26. The number of amides is 1. The van der Waals surface area contributed by atoms with Gasteiger partial charge in [0.25, 0.3) is 5.91 Å². The Balaban J connectivity index is 1.45. The van der Waals surface area contributed by atoms with Crippen LogP contribution in [-0.2, 0) is 6.42 Å². The molecule has 0 aliphatic heterocycles. The average molecular weight is 416 g/mol. The lowest BCUT2D eigenvalue weighted by atomic mass is 10.1. The summed E-state index contributed by atoms with van der Waals surface area (Å²) in [6, 6.07) is 12.1. The molecular formula is C19H18BrN3OS. The van der Waals surface area contributed by atoms with Gasteiger partial charge in [-0.1, -0.05) is 28.1 Å². The molecule has 0 unspecified atom stereocenters. The van der Waals surface area contributed by atoms with Crippen LogP contribution in [-0.4, -0.2) is 17.4 Å². The smallest absolute Gasteiger partial charge is 0.263 e. The highest BCUT2D eigenvalue weighted by atomic mass is 79.9. The number of hydrogen-bond donors (Lipinski definition) is 2. The molecule has 4 nitrogen and oxygen atoms in total. The van der Waals surface area contributed by atoms with Crippen LogP contribution < -0.4 is 11.1 Å². The van der Waals surface area contributed by atoms with Gasteiger partial charge in [0.05, 0.1) is 5.69 Å². The largest absolute Gasteiger partial charge is 0.397 e. The minimum absolute atomic E-state index is 0.120. The number of nitrogens with one attached hydrogen (secondary N) is 1. The normalized spacial score (nSPS) is 14.0. The topological polar surface area (TPSA) is 68.0 Å². The van der Waals surface area contributed by atoms with Gasteiger partial charge in [0.2, 0.25) is 0 Å². The van der Waals surface area contributed by atoms with Crippen LogP contribution in [0.1, 0.15) is 39.7 Å². The van der Waals surface area contributed by atoms with Crippen LogP contribution in [0.4, 0.5) is 5.69 Å². The number of nitrogens with zero attached hydrogens (tertiary/aromatic N) is 1. The molecule has 1 saturated carbocycles. The van der Waals surface area contributed by atoms with Crippen LogP contribution in [0.3, 0.4) is 0 Å². The van der Waals surface area contributed by atoms with Crippen molar-refractivity contribution in [2.45, 2.75) is 25.2 Å². The summed E-state index contributed by atoms with van der Waals surface area (Å²) >= 11 is 4.81. The number of benzene rings is 1. The number of halogens is 1. The maximum absolute atomic E-state index is 12.5. The average Bonchev–Trinajstić information content (AvgIpc) is 3.41. The Morgan fingerprint density at radius 1 is 1.24 bits per heavy atom. The fourth-order valence-corrected chi connectivity index (χ4v) is 4.12. The van der Waals surface area contributed by atoms with Crippen LogP contribution >= 0.6 is 27.3 Å². The third-order valence-corrected chi connectivity index (χ3v) is 6.07. The van der Waals surface area contributed by atoms with E-state index in [-0.39, 0.29) is 5.91 Å². The molecule has 1 aromatic carbocycles. The van der Waals surface area contributed by atoms with Crippen molar-refractivity contribution in [2.75, 3.05) is 12.3 Å². The molecule has 3 N–H and O–H groups in total. The summed E-state index contributed by atoms with van der Waals surface area (Å²) in [7, 11) is 0. The zero-order chi connectivity index (χ0) is 17.4. The highest BCUT2D eigenvalue weighted by Crippen LogP contribution is 2.41. The first kappa shape index (κ1) is 16.5. The van der Waals surface area contributed by atoms with Crippen molar-refractivity contribution < 1.29 is 4.79 Å². The Morgan fingerprint density at radius 2 is 2.00 bits per heavy atom. The Hall–Kier alpha value is -1.92. The monoisotopic (exact) mass is 415 g/mol. The summed E-state index contributed by atoms with van der Waals surface area (Å²) in [5, 5.41) is 3.85. The molecule has 4 rings (SSSR count). The van der Waals surface area contributed by atoms with Gasteiger partial charge in [-0.25, -0.2) is 4.98 Å². The molecule has 6 heteroatoms. The van der Waals surface area contributed by atoms with E-state index in [1.165, 1.54) is 29.7 Å². The molecule has 1 fully saturated rings. The van der Waals surface area contributed by atoms with E-state index in [2.05, 4.69) is 21.2 Å². The quantitative estimate of drug-likeness (QED) is 0.644. The third-order valence-electron chi connectivity index (χ3n) is 4.43. The standard InChI is InChI=1S/C19H18BrN3OS/c20-13-5-1-11(2-6-13)9-10-22-18(24)17-16(21)14-7-8-15(12-3-4-12)23-19(14)25-17/h1-2,5-8,12H,3-4,9-10,21H2,(H,22,24). The molecule has 1 aliphatic carbocycles. The SMILES string of the molecule is Nc1c(C(=O)NCCc2ccc(Br)cc2)sc2nc(C3CC3)ccc12. The number of rotatable bonds is 5. The van der Waals surface area contributed by atoms with Crippen molar-refractivity contribution in [2.24, 2.45) is 0 Å². The van der Waals surface area contributed by atoms with Crippen molar-refractivity contribution in [3.63, 3.8) is 0 Å². The summed E-state index contributed by atoms with van der Waals surface area (Å²) in [5.41, 5.74) is 9.03. The van der Waals surface area contributed by atoms with Crippen molar-refractivity contribution in [1.82, 2.24) is 10.3 Å². The highest BCUT2D eigenvalue weighted by molar-refractivity contribution is 9.10.